The van der Waals surface area contributed by atoms with E-state index in [1.807, 2.05) is 39.4 Å². The number of aromatic nitrogens is 2. The average molecular weight is 336 g/mol. The quantitative estimate of drug-likeness (QED) is 0.554. The van der Waals surface area contributed by atoms with Crippen LogP contribution in [0, 0.1) is 13.8 Å². The van der Waals surface area contributed by atoms with Crippen LogP contribution in [0.1, 0.15) is 44.6 Å². The molecular formula is C17H32N6O. The highest BCUT2D eigenvalue weighted by Gasteiger charge is 2.16. The van der Waals surface area contributed by atoms with E-state index in [9.17, 15) is 4.79 Å². The maximum absolute atomic E-state index is 11.9. The summed E-state index contributed by atoms with van der Waals surface area (Å²) < 4.78 is 1.90. The highest BCUT2D eigenvalue weighted by atomic mass is 16.2. The lowest BCUT2D eigenvalue weighted by Gasteiger charge is -2.22. The zero-order valence-electron chi connectivity index (χ0n) is 16.2. The average Bonchev–Trinajstić information content (AvgIpc) is 2.68. The largest absolute Gasteiger partial charge is 0.354 e. The lowest BCUT2D eigenvalue weighted by Crippen LogP contribution is -2.49. The van der Waals surface area contributed by atoms with Crippen molar-refractivity contribution >= 4 is 11.9 Å². The van der Waals surface area contributed by atoms with Gasteiger partial charge in [0.2, 0.25) is 5.91 Å². The molecule has 0 bridgehead atoms. The third-order valence-corrected chi connectivity index (χ3v) is 3.71. The maximum Gasteiger partial charge on any atom is 0.239 e. The lowest BCUT2D eigenvalue weighted by molar-refractivity contribution is -0.121. The summed E-state index contributed by atoms with van der Waals surface area (Å²) >= 11 is 0. The number of guanidine groups is 1. The first-order chi connectivity index (χ1) is 11.0. The van der Waals surface area contributed by atoms with Crippen LogP contribution in [0.25, 0.3) is 0 Å². The highest BCUT2D eigenvalue weighted by molar-refractivity contribution is 5.86. The minimum absolute atomic E-state index is 0.0583. The number of nitrogens with one attached hydrogen (secondary N) is 3. The van der Waals surface area contributed by atoms with Crippen molar-refractivity contribution in [1.29, 1.82) is 0 Å². The fourth-order valence-electron chi connectivity index (χ4n) is 2.52. The lowest BCUT2D eigenvalue weighted by atomic mass is 10.1. The van der Waals surface area contributed by atoms with Crippen LogP contribution in [-0.4, -0.2) is 46.8 Å². The van der Waals surface area contributed by atoms with E-state index < -0.39 is 0 Å². The van der Waals surface area contributed by atoms with Gasteiger partial charge in [-0.1, -0.05) is 0 Å². The first-order valence-corrected chi connectivity index (χ1v) is 8.30. The fourth-order valence-corrected chi connectivity index (χ4v) is 2.52. The molecule has 3 N–H and O–H groups in total. The van der Waals surface area contributed by atoms with E-state index in [1.165, 1.54) is 11.3 Å². The van der Waals surface area contributed by atoms with Crippen LogP contribution in [-0.2, 0) is 18.3 Å². The molecule has 0 aliphatic rings. The molecule has 24 heavy (non-hydrogen) atoms. The van der Waals surface area contributed by atoms with E-state index in [1.54, 1.807) is 7.05 Å². The van der Waals surface area contributed by atoms with Gasteiger partial charge in [-0.25, -0.2) is 0 Å². The molecule has 0 saturated carbocycles. The second-order valence-electron chi connectivity index (χ2n) is 7.25. The third-order valence-electron chi connectivity index (χ3n) is 3.71. The molecular weight excluding hydrogens is 304 g/mol. The summed E-state index contributed by atoms with van der Waals surface area (Å²) in [4.78, 5) is 16.1. The van der Waals surface area contributed by atoms with Gasteiger partial charge in [0.05, 0.1) is 12.2 Å². The Kier molecular flexibility index (Phi) is 6.81. The molecule has 7 heteroatoms. The van der Waals surface area contributed by atoms with Crippen molar-refractivity contribution in [3.8, 4) is 0 Å². The molecule has 1 atom stereocenters. The third kappa shape index (κ3) is 6.22. The van der Waals surface area contributed by atoms with Crippen LogP contribution >= 0.6 is 0 Å². The number of rotatable bonds is 5. The molecule has 0 saturated heterocycles. The van der Waals surface area contributed by atoms with Crippen molar-refractivity contribution in [3.05, 3.63) is 17.0 Å². The van der Waals surface area contributed by atoms with Crippen LogP contribution in [0.15, 0.2) is 4.99 Å². The second kappa shape index (κ2) is 8.17. The first kappa shape index (κ1) is 20.0. The van der Waals surface area contributed by atoms with Crippen LogP contribution in [0.2, 0.25) is 0 Å². The second-order valence-corrected chi connectivity index (χ2v) is 7.25. The molecule has 0 aliphatic carbocycles. The van der Waals surface area contributed by atoms with Crippen molar-refractivity contribution in [2.45, 2.75) is 59.5 Å². The molecule has 1 aromatic heterocycles. The van der Waals surface area contributed by atoms with E-state index in [-0.39, 0.29) is 24.0 Å². The zero-order valence-corrected chi connectivity index (χ0v) is 16.2. The molecule has 1 rings (SSSR count). The van der Waals surface area contributed by atoms with E-state index in [4.69, 9.17) is 0 Å². The topological polar surface area (TPSA) is 83.3 Å². The van der Waals surface area contributed by atoms with Gasteiger partial charge in [0.25, 0.3) is 0 Å². The summed E-state index contributed by atoms with van der Waals surface area (Å²) in [5.41, 5.74) is 3.24. The van der Waals surface area contributed by atoms with Gasteiger partial charge in [-0.2, -0.15) is 5.10 Å². The van der Waals surface area contributed by atoms with Crippen molar-refractivity contribution in [2.75, 3.05) is 13.6 Å². The molecule has 1 aromatic rings. The van der Waals surface area contributed by atoms with Crippen LogP contribution < -0.4 is 16.0 Å². The van der Waals surface area contributed by atoms with Crippen molar-refractivity contribution in [3.63, 3.8) is 0 Å². The van der Waals surface area contributed by atoms with Gasteiger partial charge < -0.3 is 16.0 Å². The molecule has 0 aromatic carbocycles. The summed E-state index contributed by atoms with van der Waals surface area (Å²) in [6.45, 7) is 12.3. The number of hydrogen-bond acceptors (Lipinski definition) is 3. The monoisotopic (exact) mass is 336 g/mol. The predicted molar refractivity (Wildman–Crippen MR) is 98.2 cm³/mol. The number of carbonyl (C=O) groups is 1. The Morgan fingerprint density at radius 2 is 1.96 bits per heavy atom. The van der Waals surface area contributed by atoms with Gasteiger partial charge in [0, 0.05) is 31.4 Å². The molecule has 136 valence electrons. The Bertz CT molecular complexity index is 597. The van der Waals surface area contributed by atoms with Crippen molar-refractivity contribution in [2.24, 2.45) is 12.0 Å². The Morgan fingerprint density at radius 1 is 1.33 bits per heavy atom. The minimum atomic E-state index is -0.238. The van der Waals surface area contributed by atoms with Gasteiger partial charge in [-0.05, 0) is 53.5 Å². The summed E-state index contributed by atoms with van der Waals surface area (Å²) in [6.07, 6.45) is 0.848. The molecule has 0 fully saturated rings. The molecule has 0 radical (unpaired) electrons. The van der Waals surface area contributed by atoms with Gasteiger partial charge in [0.15, 0.2) is 5.96 Å². The van der Waals surface area contributed by atoms with Crippen LogP contribution in [0.5, 0.6) is 0 Å². The van der Waals surface area contributed by atoms with Crippen LogP contribution in [0.3, 0.4) is 0 Å². The Labute approximate surface area is 145 Å². The molecule has 0 aliphatic heterocycles. The Morgan fingerprint density at radius 3 is 2.42 bits per heavy atom. The summed E-state index contributed by atoms with van der Waals surface area (Å²) in [6, 6.07) is 0.170. The normalized spacial score (nSPS) is 13.6. The highest BCUT2D eigenvalue weighted by Crippen LogP contribution is 2.14. The van der Waals surface area contributed by atoms with Crippen molar-refractivity contribution < 1.29 is 4.79 Å². The Balaban J connectivity index is 2.55. The van der Waals surface area contributed by atoms with E-state index >= 15 is 0 Å². The molecule has 7 nitrogen and oxygen atoms in total. The summed E-state index contributed by atoms with van der Waals surface area (Å²) in [5, 5.41) is 13.7. The van der Waals surface area contributed by atoms with E-state index in [2.05, 4.69) is 39.9 Å². The van der Waals surface area contributed by atoms with Gasteiger partial charge in [0.1, 0.15) is 0 Å². The molecule has 0 spiro atoms. The number of amides is 1. The predicted octanol–water partition coefficient (Wildman–Crippen LogP) is 1.05. The minimum Gasteiger partial charge on any atom is -0.354 e. The molecule has 1 amide bonds. The van der Waals surface area contributed by atoms with Crippen molar-refractivity contribution in [1.82, 2.24) is 25.7 Å². The standard InChI is InChI=1S/C17H32N6O/c1-11(9-14-12(2)22-23(8)13(14)3)20-16(18-7)19-10-15(24)21-17(4,5)6/h11H,9-10H2,1-8H3,(H,21,24)(H2,18,19,20). The number of nitrogens with zero attached hydrogens (tertiary/aromatic N) is 3. The van der Waals surface area contributed by atoms with Gasteiger partial charge >= 0.3 is 0 Å². The van der Waals surface area contributed by atoms with Crippen LogP contribution in [0.4, 0.5) is 0 Å². The number of hydrogen-bond donors (Lipinski definition) is 3. The van der Waals surface area contributed by atoms with E-state index in [0.717, 1.165) is 12.1 Å². The maximum atomic E-state index is 11.9. The summed E-state index contributed by atoms with van der Waals surface area (Å²) in [7, 11) is 3.66. The Hall–Kier alpha value is -2.05. The zero-order chi connectivity index (χ0) is 18.5. The number of aliphatic imine (C=N–C) groups is 1. The van der Waals surface area contributed by atoms with Gasteiger partial charge in [-0.15, -0.1) is 0 Å². The first-order valence-electron chi connectivity index (χ1n) is 8.30. The number of carbonyl (C=O) groups excluding carboxylic acids is 1. The molecule has 1 unspecified atom stereocenters. The fraction of sp³-hybridized carbons (Fsp3) is 0.706. The smallest absolute Gasteiger partial charge is 0.239 e. The number of aryl methyl sites for hydroxylation is 2. The SMILES string of the molecule is CN=C(NCC(=O)NC(C)(C)C)NC(C)Cc1c(C)nn(C)c1C. The molecule has 1 heterocycles. The van der Waals surface area contributed by atoms with E-state index in [0.29, 0.717) is 5.96 Å². The van der Waals surface area contributed by atoms with Gasteiger partial charge in [-0.3, -0.25) is 14.5 Å². The summed E-state index contributed by atoms with van der Waals surface area (Å²) in [5.74, 6) is 0.558.